The van der Waals surface area contributed by atoms with E-state index in [1.54, 1.807) is 11.6 Å². The van der Waals surface area contributed by atoms with Gasteiger partial charge in [0.1, 0.15) is 0 Å². The van der Waals surface area contributed by atoms with Gasteiger partial charge >= 0.3 is 0 Å². The van der Waals surface area contributed by atoms with E-state index < -0.39 is 0 Å². The van der Waals surface area contributed by atoms with Crippen LogP contribution in [0.2, 0.25) is 0 Å². The van der Waals surface area contributed by atoms with Gasteiger partial charge in [-0.2, -0.15) is 0 Å². The molecular weight excluding hydrogens is 206 g/mol. The first-order valence-corrected chi connectivity index (χ1v) is 5.83. The number of thioether (sulfide) groups is 1. The Kier molecular flexibility index (Phi) is 5.33. The largest absolute Gasteiger partial charge is 0.329 e. The molecule has 0 aliphatic heterocycles. The maximum absolute atomic E-state index is 11.1. The van der Waals surface area contributed by atoms with Gasteiger partial charge in [0.2, 0.25) is 5.91 Å². The third-order valence-corrected chi connectivity index (χ3v) is 2.06. The van der Waals surface area contributed by atoms with Crippen LogP contribution in [0.1, 0.15) is 5.56 Å². The Hall–Kier alpha value is -1.48. The second-order valence-corrected chi connectivity index (χ2v) is 3.53. The minimum atomic E-state index is -0.114. The molecule has 1 rings (SSSR count). The summed E-state index contributed by atoms with van der Waals surface area (Å²) < 4.78 is 0. The third-order valence-electron chi connectivity index (χ3n) is 1.66. The van der Waals surface area contributed by atoms with Crippen molar-refractivity contribution in [2.24, 2.45) is 0 Å². The first kappa shape index (κ1) is 11.6. The summed E-state index contributed by atoms with van der Waals surface area (Å²) in [6, 6.07) is 9.81. The minimum absolute atomic E-state index is 0.114. The summed E-state index contributed by atoms with van der Waals surface area (Å²) >= 11 is 1.49. The van der Waals surface area contributed by atoms with Gasteiger partial charge in [-0.15, -0.1) is 11.8 Å². The van der Waals surface area contributed by atoms with Gasteiger partial charge in [-0.3, -0.25) is 4.79 Å². The molecule has 1 aromatic carbocycles. The normalized spacial score (nSPS) is 11.0. The molecular formula is C12H13NOS. The third kappa shape index (κ3) is 5.08. The second-order valence-electron chi connectivity index (χ2n) is 2.79. The number of amides is 1. The van der Waals surface area contributed by atoms with Gasteiger partial charge in [-0.25, -0.2) is 0 Å². The Morgan fingerprint density at radius 2 is 2.07 bits per heavy atom. The lowest BCUT2D eigenvalue weighted by Gasteiger charge is -1.93. The number of carbonyl (C=O) groups is 1. The van der Waals surface area contributed by atoms with Gasteiger partial charge < -0.3 is 5.32 Å². The highest BCUT2D eigenvalue weighted by atomic mass is 32.2. The zero-order valence-corrected chi connectivity index (χ0v) is 9.33. The van der Waals surface area contributed by atoms with Crippen molar-refractivity contribution in [3.63, 3.8) is 0 Å². The smallest absolute Gasteiger partial charge is 0.248 e. The fourth-order valence-corrected chi connectivity index (χ4v) is 1.22. The second kappa shape index (κ2) is 6.90. The Morgan fingerprint density at radius 3 is 2.73 bits per heavy atom. The standard InChI is InChI=1S/C12H13NOS/c1-15-10-8-12(14)13-9-7-11-5-3-2-4-6-11/h2-10H,1H3,(H,13,14). The fourth-order valence-electron chi connectivity index (χ4n) is 0.962. The van der Waals surface area contributed by atoms with Crippen molar-refractivity contribution in [2.45, 2.75) is 0 Å². The van der Waals surface area contributed by atoms with Crippen molar-refractivity contribution >= 4 is 23.7 Å². The van der Waals surface area contributed by atoms with Crippen LogP contribution in [0.5, 0.6) is 0 Å². The SMILES string of the molecule is CSC=CC(=O)NC=Cc1ccccc1. The Labute approximate surface area is 94.1 Å². The van der Waals surface area contributed by atoms with Gasteiger partial charge in [0.05, 0.1) is 0 Å². The molecule has 0 radical (unpaired) electrons. The molecule has 0 heterocycles. The van der Waals surface area contributed by atoms with Crippen LogP contribution in [0.4, 0.5) is 0 Å². The van der Waals surface area contributed by atoms with E-state index in [0.29, 0.717) is 0 Å². The average molecular weight is 219 g/mol. The van der Waals surface area contributed by atoms with E-state index in [9.17, 15) is 4.79 Å². The molecule has 1 aromatic rings. The minimum Gasteiger partial charge on any atom is -0.329 e. The van der Waals surface area contributed by atoms with E-state index in [1.807, 2.05) is 42.7 Å². The Bertz CT molecular complexity index is 357. The molecule has 78 valence electrons. The van der Waals surface area contributed by atoms with Crippen LogP contribution in [-0.2, 0) is 4.79 Å². The zero-order valence-electron chi connectivity index (χ0n) is 8.51. The lowest BCUT2D eigenvalue weighted by molar-refractivity contribution is -0.115. The highest BCUT2D eigenvalue weighted by molar-refractivity contribution is 8.01. The molecule has 0 aliphatic carbocycles. The molecule has 0 bridgehead atoms. The van der Waals surface area contributed by atoms with Crippen LogP contribution in [0.3, 0.4) is 0 Å². The number of hydrogen-bond acceptors (Lipinski definition) is 2. The van der Waals surface area contributed by atoms with Crippen molar-refractivity contribution in [2.75, 3.05) is 6.26 Å². The van der Waals surface area contributed by atoms with E-state index in [1.165, 1.54) is 17.8 Å². The van der Waals surface area contributed by atoms with Crippen molar-refractivity contribution in [3.8, 4) is 0 Å². The first-order chi connectivity index (χ1) is 7.33. The molecule has 0 aliphatic rings. The van der Waals surface area contributed by atoms with E-state index >= 15 is 0 Å². The summed E-state index contributed by atoms with van der Waals surface area (Å²) in [4.78, 5) is 11.1. The lowest BCUT2D eigenvalue weighted by Crippen LogP contribution is -2.12. The summed E-state index contributed by atoms with van der Waals surface area (Å²) in [6.45, 7) is 0. The highest BCUT2D eigenvalue weighted by Crippen LogP contribution is 1.99. The maximum Gasteiger partial charge on any atom is 0.248 e. The zero-order chi connectivity index (χ0) is 10.9. The molecule has 15 heavy (non-hydrogen) atoms. The highest BCUT2D eigenvalue weighted by Gasteiger charge is 1.88. The van der Waals surface area contributed by atoms with Crippen molar-refractivity contribution < 1.29 is 4.79 Å². The number of nitrogens with one attached hydrogen (secondary N) is 1. The van der Waals surface area contributed by atoms with Crippen LogP contribution in [0.25, 0.3) is 6.08 Å². The molecule has 1 N–H and O–H groups in total. The number of hydrogen-bond donors (Lipinski definition) is 1. The summed E-state index contributed by atoms with van der Waals surface area (Å²) in [5, 5.41) is 4.39. The molecule has 1 amide bonds. The average Bonchev–Trinajstić information content (AvgIpc) is 2.28. The van der Waals surface area contributed by atoms with Crippen molar-refractivity contribution in [3.05, 3.63) is 53.6 Å². The topological polar surface area (TPSA) is 29.1 Å². The van der Waals surface area contributed by atoms with E-state index in [-0.39, 0.29) is 5.91 Å². The van der Waals surface area contributed by atoms with Crippen molar-refractivity contribution in [1.82, 2.24) is 5.32 Å². The van der Waals surface area contributed by atoms with Gasteiger partial charge in [-0.1, -0.05) is 30.3 Å². The summed E-state index contributed by atoms with van der Waals surface area (Å²) in [5.41, 5.74) is 1.06. The molecule has 0 fully saturated rings. The monoisotopic (exact) mass is 219 g/mol. The molecule has 0 atom stereocenters. The molecule has 2 nitrogen and oxygen atoms in total. The maximum atomic E-state index is 11.1. The molecule has 0 saturated carbocycles. The number of rotatable bonds is 4. The van der Waals surface area contributed by atoms with E-state index in [2.05, 4.69) is 5.32 Å². The van der Waals surface area contributed by atoms with E-state index in [4.69, 9.17) is 0 Å². The molecule has 0 unspecified atom stereocenters. The molecule has 0 aromatic heterocycles. The molecule has 0 saturated heterocycles. The van der Waals surface area contributed by atoms with Gasteiger partial charge in [0, 0.05) is 12.3 Å². The first-order valence-electron chi connectivity index (χ1n) is 4.54. The predicted octanol–water partition coefficient (Wildman–Crippen LogP) is 2.65. The van der Waals surface area contributed by atoms with Crippen LogP contribution < -0.4 is 5.32 Å². The Morgan fingerprint density at radius 1 is 1.33 bits per heavy atom. The lowest BCUT2D eigenvalue weighted by atomic mass is 10.2. The van der Waals surface area contributed by atoms with Crippen molar-refractivity contribution in [1.29, 1.82) is 0 Å². The summed E-state index contributed by atoms with van der Waals surface area (Å²) in [5.74, 6) is -0.114. The van der Waals surface area contributed by atoms with E-state index in [0.717, 1.165) is 5.56 Å². The fraction of sp³-hybridized carbons (Fsp3) is 0.0833. The molecule has 0 spiro atoms. The van der Waals surface area contributed by atoms with Gasteiger partial charge in [0.15, 0.2) is 0 Å². The van der Waals surface area contributed by atoms with Crippen LogP contribution >= 0.6 is 11.8 Å². The Balaban J connectivity index is 2.40. The van der Waals surface area contributed by atoms with Crippen LogP contribution in [0, 0.1) is 0 Å². The number of benzene rings is 1. The van der Waals surface area contributed by atoms with Crippen LogP contribution in [0.15, 0.2) is 48.0 Å². The number of carbonyl (C=O) groups excluding carboxylic acids is 1. The van der Waals surface area contributed by atoms with Gasteiger partial charge in [0.25, 0.3) is 0 Å². The summed E-state index contributed by atoms with van der Waals surface area (Å²) in [7, 11) is 0. The van der Waals surface area contributed by atoms with Crippen LogP contribution in [-0.4, -0.2) is 12.2 Å². The summed E-state index contributed by atoms with van der Waals surface area (Å²) in [6.07, 6.45) is 6.90. The van der Waals surface area contributed by atoms with Gasteiger partial charge in [-0.05, 0) is 23.3 Å². The molecule has 3 heteroatoms. The predicted molar refractivity (Wildman–Crippen MR) is 66.3 cm³/mol. The quantitative estimate of drug-likeness (QED) is 0.789.